The second-order valence-corrected chi connectivity index (χ2v) is 5.51. The number of benzene rings is 1. The highest BCUT2D eigenvalue weighted by Gasteiger charge is 2.35. The Morgan fingerprint density at radius 3 is 2.71 bits per heavy atom. The molecule has 21 heavy (non-hydrogen) atoms. The van der Waals surface area contributed by atoms with Gasteiger partial charge in [0.1, 0.15) is 5.82 Å². The molecule has 1 aliphatic heterocycles. The van der Waals surface area contributed by atoms with Gasteiger partial charge < -0.3 is 15.0 Å². The van der Waals surface area contributed by atoms with E-state index in [1.807, 2.05) is 0 Å². The Kier molecular flexibility index (Phi) is 4.32. The van der Waals surface area contributed by atoms with Gasteiger partial charge in [-0.25, -0.2) is 14.0 Å². The lowest BCUT2D eigenvalue weighted by atomic mass is 9.94. The number of esters is 1. The van der Waals surface area contributed by atoms with Crippen LogP contribution in [0.3, 0.4) is 0 Å². The van der Waals surface area contributed by atoms with Crippen LogP contribution in [-0.2, 0) is 9.53 Å². The summed E-state index contributed by atoms with van der Waals surface area (Å²) in [6.07, 6.45) is 0. The lowest BCUT2D eigenvalue weighted by Gasteiger charge is -2.33. The van der Waals surface area contributed by atoms with E-state index in [0.29, 0.717) is 10.2 Å². The van der Waals surface area contributed by atoms with Crippen molar-refractivity contribution in [2.24, 2.45) is 0 Å². The lowest BCUT2D eigenvalue weighted by molar-refractivity contribution is -0.136. The molecule has 2 rings (SSSR count). The summed E-state index contributed by atoms with van der Waals surface area (Å²) in [7, 11) is 2.77. The number of hydrogen-bond donors (Lipinski definition) is 1. The second kappa shape index (κ2) is 5.85. The van der Waals surface area contributed by atoms with Crippen LogP contribution in [0.4, 0.5) is 9.18 Å². The molecule has 1 atom stereocenters. The molecule has 0 bridgehead atoms. The molecular formula is C14H14BrFN2O3. The number of nitrogens with zero attached hydrogens (tertiary/aromatic N) is 1. The fourth-order valence-corrected chi connectivity index (χ4v) is 2.51. The molecule has 1 unspecified atom stereocenters. The minimum atomic E-state index is -0.880. The van der Waals surface area contributed by atoms with Crippen molar-refractivity contribution in [3.05, 3.63) is 45.3 Å². The number of carbonyl (C=O) groups excluding carboxylic acids is 2. The van der Waals surface area contributed by atoms with Gasteiger partial charge in [0.05, 0.1) is 18.7 Å². The molecule has 0 aromatic heterocycles. The molecule has 2 amide bonds. The molecule has 0 saturated carbocycles. The smallest absolute Gasteiger partial charge is 0.337 e. The highest BCUT2D eigenvalue weighted by molar-refractivity contribution is 9.10. The molecule has 0 spiro atoms. The number of halogens is 2. The molecule has 1 aliphatic rings. The predicted molar refractivity (Wildman–Crippen MR) is 77.9 cm³/mol. The monoisotopic (exact) mass is 356 g/mol. The summed E-state index contributed by atoms with van der Waals surface area (Å²) in [5.41, 5.74) is 0.846. The average Bonchev–Trinajstić information content (AvgIpc) is 2.44. The third-order valence-electron chi connectivity index (χ3n) is 3.43. The highest BCUT2D eigenvalue weighted by atomic mass is 79.9. The maximum atomic E-state index is 14.2. The number of rotatable bonds is 2. The number of hydrogen-bond acceptors (Lipinski definition) is 3. The zero-order chi connectivity index (χ0) is 15.7. The Morgan fingerprint density at radius 2 is 2.14 bits per heavy atom. The van der Waals surface area contributed by atoms with E-state index in [9.17, 15) is 14.0 Å². The standard InChI is InChI=1S/C14H14BrFN2O3/c1-7-11(13(19)21-3)12(17-14(20)18(7)2)9-5-4-8(15)6-10(9)16/h4-6,12H,1-3H3,(H,17,20). The Morgan fingerprint density at radius 1 is 1.48 bits per heavy atom. The molecule has 0 saturated heterocycles. The normalized spacial score (nSPS) is 18.6. The third-order valence-corrected chi connectivity index (χ3v) is 3.93. The van der Waals surface area contributed by atoms with Crippen LogP contribution in [0.2, 0.25) is 0 Å². The topological polar surface area (TPSA) is 58.6 Å². The number of urea groups is 1. The van der Waals surface area contributed by atoms with Gasteiger partial charge in [-0.2, -0.15) is 0 Å². The Bertz CT molecular complexity index is 645. The van der Waals surface area contributed by atoms with E-state index in [-0.39, 0.29) is 11.1 Å². The van der Waals surface area contributed by atoms with Crippen molar-refractivity contribution in [2.75, 3.05) is 14.2 Å². The zero-order valence-electron chi connectivity index (χ0n) is 11.7. The molecule has 1 aromatic carbocycles. The van der Waals surface area contributed by atoms with Gasteiger partial charge in [0.15, 0.2) is 0 Å². The van der Waals surface area contributed by atoms with Crippen LogP contribution in [0.25, 0.3) is 0 Å². The first-order chi connectivity index (χ1) is 9.86. The third kappa shape index (κ3) is 2.78. The maximum Gasteiger partial charge on any atom is 0.337 e. The van der Waals surface area contributed by atoms with Crippen LogP contribution in [0.1, 0.15) is 18.5 Å². The zero-order valence-corrected chi connectivity index (χ0v) is 13.3. The SMILES string of the molecule is COC(=O)C1=C(C)N(C)C(=O)NC1c1ccc(Br)cc1F. The number of amides is 2. The Labute approximate surface area is 129 Å². The van der Waals surface area contributed by atoms with Crippen molar-refractivity contribution < 1.29 is 18.7 Å². The van der Waals surface area contributed by atoms with E-state index in [2.05, 4.69) is 21.2 Å². The number of nitrogens with one attached hydrogen (secondary N) is 1. The van der Waals surface area contributed by atoms with Gasteiger partial charge in [-0.1, -0.05) is 22.0 Å². The average molecular weight is 357 g/mol. The largest absolute Gasteiger partial charge is 0.466 e. The quantitative estimate of drug-likeness (QED) is 0.828. The van der Waals surface area contributed by atoms with Gasteiger partial charge in [0, 0.05) is 22.8 Å². The van der Waals surface area contributed by atoms with Crippen molar-refractivity contribution >= 4 is 27.9 Å². The molecule has 0 aliphatic carbocycles. The van der Waals surface area contributed by atoms with Gasteiger partial charge in [-0.15, -0.1) is 0 Å². The van der Waals surface area contributed by atoms with Gasteiger partial charge in [0.2, 0.25) is 0 Å². The summed E-state index contributed by atoms with van der Waals surface area (Å²) in [6, 6.07) is 3.16. The van der Waals surface area contributed by atoms with Crippen LogP contribution in [0.5, 0.6) is 0 Å². The Hall–Kier alpha value is -1.89. The van der Waals surface area contributed by atoms with Gasteiger partial charge in [0.25, 0.3) is 0 Å². The van der Waals surface area contributed by atoms with E-state index < -0.39 is 23.9 Å². The Balaban J connectivity index is 2.59. The lowest BCUT2D eigenvalue weighted by Crippen LogP contribution is -2.46. The first kappa shape index (κ1) is 15.5. The van der Waals surface area contributed by atoms with Crippen LogP contribution in [-0.4, -0.2) is 31.1 Å². The van der Waals surface area contributed by atoms with Crippen molar-refractivity contribution in [1.82, 2.24) is 10.2 Å². The van der Waals surface area contributed by atoms with E-state index in [4.69, 9.17) is 4.74 Å². The van der Waals surface area contributed by atoms with E-state index in [0.717, 1.165) is 0 Å². The molecule has 0 fully saturated rings. The summed E-state index contributed by atoms with van der Waals surface area (Å²) in [6.45, 7) is 1.62. The molecular weight excluding hydrogens is 343 g/mol. The van der Waals surface area contributed by atoms with E-state index >= 15 is 0 Å². The molecule has 112 valence electrons. The van der Waals surface area contributed by atoms with Gasteiger partial charge in [-0.05, 0) is 19.1 Å². The number of ether oxygens (including phenoxy) is 1. The highest BCUT2D eigenvalue weighted by Crippen LogP contribution is 2.32. The van der Waals surface area contributed by atoms with Crippen LogP contribution in [0, 0.1) is 5.82 Å². The van der Waals surface area contributed by atoms with E-state index in [1.165, 1.54) is 31.2 Å². The maximum absolute atomic E-state index is 14.2. The molecule has 1 N–H and O–H groups in total. The minimum Gasteiger partial charge on any atom is -0.466 e. The van der Waals surface area contributed by atoms with Crippen LogP contribution < -0.4 is 5.32 Å². The molecule has 1 aromatic rings. The molecule has 1 heterocycles. The van der Waals surface area contributed by atoms with E-state index in [1.54, 1.807) is 13.0 Å². The fourth-order valence-electron chi connectivity index (χ4n) is 2.18. The van der Waals surface area contributed by atoms with Gasteiger partial charge >= 0.3 is 12.0 Å². The first-order valence-electron chi connectivity index (χ1n) is 6.15. The van der Waals surface area contributed by atoms with Crippen molar-refractivity contribution in [3.8, 4) is 0 Å². The summed E-state index contributed by atoms with van der Waals surface area (Å²) < 4.78 is 19.5. The number of carbonyl (C=O) groups is 2. The van der Waals surface area contributed by atoms with Crippen molar-refractivity contribution in [3.63, 3.8) is 0 Å². The van der Waals surface area contributed by atoms with Crippen molar-refractivity contribution in [1.29, 1.82) is 0 Å². The number of methoxy groups -OCH3 is 1. The molecule has 7 heteroatoms. The second-order valence-electron chi connectivity index (χ2n) is 4.60. The minimum absolute atomic E-state index is 0.208. The summed E-state index contributed by atoms with van der Waals surface area (Å²) in [5.74, 6) is -1.12. The summed E-state index contributed by atoms with van der Waals surface area (Å²) >= 11 is 3.17. The van der Waals surface area contributed by atoms with Gasteiger partial charge in [-0.3, -0.25) is 0 Å². The predicted octanol–water partition coefficient (Wildman–Crippen LogP) is 2.73. The molecule has 5 nitrogen and oxygen atoms in total. The summed E-state index contributed by atoms with van der Waals surface area (Å²) in [5, 5.41) is 2.61. The van der Waals surface area contributed by atoms with Crippen molar-refractivity contribution in [2.45, 2.75) is 13.0 Å². The van der Waals surface area contributed by atoms with Crippen LogP contribution >= 0.6 is 15.9 Å². The fraction of sp³-hybridized carbons (Fsp3) is 0.286. The number of allylic oxidation sites excluding steroid dienone is 1. The first-order valence-corrected chi connectivity index (χ1v) is 6.94. The molecule has 0 radical (unpaired) electrons. The van der Waals surface area contributed by atoms with Crippen LogP contribution in [0.15, 0.2) is 33.9 Å². The summed E-state index contributed by atoms with van der Waals surface area (Å²) in [4.78, 5) is 25.2.